The van der Waals surface area contributed by atoms with Crippen LogP contribution in [0.25, 0.3) is 0 Å². The number of halogens is 1. The third-order valence-corrected chi connectivity index (χ3v) is 11.5. The fourth-order valence-electron chi connectivity index (χ4n) is 8.98. The molecule has 0 amide bonds. The Balaban J connectivity index is 1.22. The predicted octanol–water partition coefficient (Wildman–Crippen LogP) is -0.0942. The Morgan fingerprint density at radius 2 is 1.84 bits per heavy atom. The molecule has 13 heteroatoms. The van der Waals surface area contributed by atoms with Gasteiger partial charge in [0, 0.05) is 23.2 Å². The summed E-state index contributed by atoms with van der Waals surface area (Å²) >= 11 is 0. The number of Topliss-reactive ketones (excluding diaryl/α,β-unsaturated/α-hetero) is 1. The Bertz CT molecular complexity index is 1200. The van der Waals surface area contributed by atoms with E-state index in [9.17, 15) is 40.5 Å². The van der Waals surface area contributed by atoms with Crippen molar-refractivity contribution in [3.05, 3.63) is 23.8 Å². The molecule has 4 aliphatic carbocycles. The van der Waals surface area contributed by atoms with Crippen LogP contribution < -0.4 is 0 Å². The highest BCUT2D eigenvalue weighted by Crippen LogP contribution is 2.70. The average Bonchev–Trinajstić information content (AvgIpc) is 3.20. The summed E-state index contributed by atoms with van der Waals surface area (Å²) in [4.78, 5) is 18.2. The number of hydrogen-bond donors (Lipinski definition) is 7. The van der Waals surface area contributed by atoms with Crippen LogP contribution in [0.2, 0.25) is 0 Å². The summed E-state index contributed by atoms with van der Waals surface area (Å²) in [5.41, 5.74) is -4.86. The first-order valence-electron chi connectivity index (χ1n) is 15.5. The van der Waals surface area contributed by atoms with E-state index in [1.807, 2.05) is 0 Å². The minimum atomic E-state index is -2.04. The Morgan fingerprint density at radius 1 is 1.11 bits per heavy atom. The zero-order valence-corrected chi connectivity index (χ0v) is 25.4. The highest BCUT2D eigenvalue weighted by Gasteiger charge is 2.75. The molecule has 0 spiro atoms. The summed E-state index contributed by atoms with van der Waals surface area (Å²) in [5, 5.41) is 75.9. The zero-order valence-electron chi connectivity index (χ0n) is 25.4. The van der Waals surface area contributed by atoms with Crippen LogP contribution >= 0.6 is 0 Å². The number of alkyl halides is 1. The molecule has 44 heavy (non-hydrogen) atoms. The molecule has 1 heterocycles. The first kappa shape index (κ1) is 33.6. The van der Waals surface area contributed by atoms with E-state index in [1.165, 1.54) is 0 Å². The normalized spacial score (nSPS) is 49.2. The zero-order chi connectivity index (χ0) is 32.2. The number of nitrogens with zero attached hydrogens (tertiary/aromatic N) is 1. The molecule has 1 aliphatic heterocycles. The standard InChI is InChI=1S/C31H46FNO11/c1-16-11-20-19-6-5-17-12-18(33-43-10-4-9-42-27-26(40)25(39)24(38)21(14-34)44-27)7-8-28(17,2)30(19,32)22(36)13-29(20,3)31(16,41)23(37)15-35/h7-8,12,16,19-22,24-27,34-36,38-41H,4-6,9-11,13-15H2,1-3H3/b33-18+/t16-,19+,20+,21-,22+,24-,25+,26+,27+,28+,29+,30+,31+/m1/s1. The van der Waals surface area contributed by atoms with Crippen LogP contribution in [0.1, 0.15) is 52.9 Å². The van der Waals surface area contributed by atoms with Crippen LogP contribution in [0.5, 0.6) is 0 Å². The maximum absolute atomic E-state index is 17.5. The molecular weight excluding hydrogens is 581 g/mol. The number of rotatable bonds is 9. The van der Waals surface area contributed by atoms with Gasteiger partial charge in [-0.3, -0.25) is 4.79 Å². The van der Waals surface area contributed by atoms with E-state index in [4.69, 9.17) is 14.3 Å². The summed E-state index contributed by atoms with van der Waals surface area (Å²) in [6.07, 6.45) is -1.47. The molecule has 0 aromatic carbocycles. The second kappa shape index (κ2) is 12.1. The molecule has 13 atom stereocenters. The van der Waals surface area contributed by atoms with Gasteiger partial charge >= 0.3 is 0 Å². The lowest BCUT2D eigenvalue weighted by Gasteiger charge is -2.62. The summed E-state index contributed by atoms with van der Waals surface area (Å²) in [6, 6.07) is 0. The summed E-state index contributed by atoms with van der Waals surface area (Å²) < 4.78 is 28.2. The van der Waals surface area contributed by atoms with Crippen molar-refractivity contribution in [3.63, 3.8) is 0 Å². The van der Waals surface area contributed by atoms with Crippen LogP contribution in [0, 0.1) is 28.6 Å². The van der Waals surface area contributed by atoms with Gasteiger partial charge in [0.15, 0.2) is 17.7 Å². The van der Waals surface area contributed by atoms with Crippen molar-refractivity contribution in [3.8, 4) is 0 Å². The molecule has 4 fully saturated rings. The topological polar surface area (TPSA) is 199 Å². The molecule has 248 valence electrons. The van der Waals surface area contributed by atoms with Gasteiger partial charge in [0.05, 0.1) is 19.3 Å². The van der Waals surface area contributed by atoms with Crippen molar-refractivity contribution in [1.82, 2.24) is 0 Å². The number of ketones is 1. The van der Waals surface area contributed by atoms with Gasteiger partial charge in [-0.1, -0.05) is 30.7 Å². The lowest BCUT2D eigenvalue weighted by Crippen LogP contribution is -2.69. The number of carbonyl (C=O) groups is 1. The van der Waals surface area contributed by atoms with E-state index in [0.29, 0.717) is 31.4 Å². The van der Waals surface area contributed by atoms with E-state index < -0.39 is 89.7 Å². The van der Waals surface area contributed by atoms with Crippen molar-refractivity contribution in [1.29, 1.82) is 0 Å². The number of allylic oxidation sites excluding steroid dienone is 4. The van der Waals surface area contributed by atoms with Crippen molar-refractivity contribution in [2.45, 2.75) is 101 Å². The number of hydrogen-bond acceptors (Lipinski definition) is 12. The molecule has 0 bridgehead atoms. The molecule has 5 rings (SSSR count). The van der Waals surface area contributed by atoms with Gasteiger partial charge < -0.3 is 50.1 Å². The molecule has 0 aromatic heterocycles. The smallest absolute Gasteiger partial charge is 0.190 e. The van der Waals surface area contributed by atoms with Gasteiger partial charge in [-0.15, -0.1) is 0 Å². The largest absolute Gasteiger partial charge is 0.395 e. The van der Waals surface area contributed by atoms with E-state index in [0.717, 1.165) is 5.57 Å². The molecule has 5 aliphatic rings. The SMILES string of the molecule is C[C@@H]1C[C@H]2[C@@H]3CCC4=C/C(=N/OCCCO[C@H]5O[C@H](CO)[C@@H](O)[C@H](O)[C@@H]5O)C=C[C@]4(C)[C@@]3(F)[C@@H](O)C[C@]2(C)[C@@]1(O)C(=O)CO. The van der Waals surface area contributed by atoms with E-state index in [-0.39, 0.29) is 25.6 Å². The molecular formula is C31H46FNO11. The summed E-state index contributed by atoms with van der Waals surface area (Å²) in [6.45, 7) is 4.12. The van der Waals surface area contributed by atoms with Crippen LogP contribution in [0.4, 0.5) is 4.39 Å². The molecule has 3 saturated carbocycles. The number of carbonyl (C=O) groups excluding carboxylic acids is 1. The van der Waals surface area contributed by atoms with Gasteiger partial charge in [0.25, 0.3) is 0 Å². The monoisotopic (exact) mass is 627 g/mol. The maximum atomic E-state index is 17.5. The fourth-order valence-corrected chi connectivity index (χ4v) is 8.98. The maximum Gasteiger partial charge on any atom is 0.190 e. The molecule has 12 nitrogen and oxygen atoms in total. The average molecular weight is 628 g/mol. The first-order valence-corrected chi connectivity index (χ1v) is 15.5. The van der Waals surface area contributed by atoms with E-state index in [1.54, 1.807) is 39.0 Å². The van der Waals surface area contributed by atoms with Gasteiger partial charge in [-0.25, -0.2) is 4.39 Å². The van der Waals surface area contributed by atoms with E-state index in [2.05, 4.69) is 5.16 Å². The van der Waals surface area contributed by atoms with Gasteiger partial charge in [-0.2, -0.15) is 0 Å². The Hall–Kier alpha value is -1.81. The first-order chi connectivity index (χ1) is 20.7. The lowest BCUT2D eigenvalue weighted by atomic mass is 9.44. The van der Waals surface area contributed by atoms with Crippen LogP contribution in [0.15, 0.2) is 29.0 Å². The number of oxime groups is 1. The summed E-state index contributed by atoms with van der Waals surface area (Å²) in [5.74, 6) is -2.14. The van der Waals surface area contributed by atoms with Crippen LogP contribution in [-0.4, -0.2) is 122 Å². The van der Waals surface area contributed by atoms with Gasteiger partial charge in [0.2, 0.25) is 0 Å². The Kier molecular flexibility index (Phi) is 9.22. The highest BCUT2D eigenvalue weighted by atomic mass is 19.1. The molecule has 7 N–H and O–H groups in total. The quantitative estimate of drug-likeness (QED) is 0.133. The van der Waals surface area contributed by atoms with Crippen molar-refractivity contribution in [2.24, 2.45) is 33.7 Å². The second-order valence-electron chi connectivity index (χ2n) is 13.6. The van der Waals surface area contributed by atoms with Crippen LogP contribution in [0.3, 0.4) is 0 Å². The van der Waals surface area contributed by atoms with Crippen molar-refractivity contribution < 1.29 is 59.2 Å². The van der Waals surface area contributed by atoms with Crippen LogP contribution in [-0.2, 0) is 19.1 Å². The number of aliphatic hydroxyl groups is 7. The lowest BCUT2D eigenvalue weighted by molar-refractivity contribution is -0.301. The van der Waals surface area contributed by atoms with Crippen molar-refractivity contribution >= 4 is 11.5 Å². The van der Waals surface area contributed by atoms with Gasteiger partial charge in [0.1, 0.15) is 48.9 Å². The Labute approximate surface area is 255 Å². The fraction of sp³-hybridized carbons (Fsp3) is 0.806. The minimum absolute atomic E-state index is 0.0733. The van der Waals surface area contributed by atoms with Gasteiger partial charge in [-0.05, 0) is 56.6 Å². The highest BCUT2D eigenvalue weighted by molar-refractivity contribution is 6.05. The third-order valence-electron chi connectivity index (χ3n) is 11.5. The second-order valence-corrected chi connectivity index (χ2v) is 13.6. The predicted molar refractivity (Wildman–Crippen MR) is 153 cm³/mol. The third kappa shape index (κ3) is 4.82. The number of aliphatic hydroxyl groups excluding tert-OH is 6. The Morgan fingerprint density at radius 3 is 2.52 bits per heavy atom. The number of ether oxygens (including phenoxy) is 2. The summed E-state index contributed by atoms with van der Waals surface area (Å²) in [7, 11) is 0. The molecule has 0 aromatic rings. The molecule has 0 unspecified atom stereocenters. The molecule has 0 radical (unpaired) electrons. The number of fused-ring (bicyclic) bond motifs is 5. The minimum Gasteiger partial charge on any atom is -0.395 e. The molecule has 1 saturated heterocycles. The van der Waals surface area contributed by atoms with Crippen molar-refractivity contribution in [2.75, 3.05) is 26.4 Å². The van der Waals surface area contributed by atoms with E-state index >= 15 is 4.39 Å².